The van der Waals surface area contributed by atoms with Crippen molar-refractivity contribution in [2.75, 3.05) is 5.32 Å². The van der Waals surface area contributed by atoms with E-state index in [0.717, 1.165) is 16.7 Å². The van der Waals surface area contributed by atoms with Crippen LogP contribution in [0.15, 0.2) is 22.8 Å². The SMILES string of the molecule is O=C1CC[C@@H](Nc2ccc(Br)cn2)[C@@H](C2CC2)N1. The molecule has 2 fully saturated rings. The molecular weight excluding hydrogens is 294 g/mol. The Kier molecular flexibility index (Phi) is 3.24. The summed E-state index contributed by atoms with van der Waals surface area (Å²) in [6.45, 7) is 0. The fraction of sp³-hybridized carbons (Fsp3) is 0.538. The number of carbonyl (C=O) groups is 1. The summed E-state index contributed by atoms with van der Waals surface area (Å²) >= 11 is 3.38. The van der Waals surface area contributed by atoms with Gasteiger partial charge in [0.2, 0.25) is 5.91 Å². The van der Waals surface area contributed by atoms with Gasteiger partial charge in [-0.05, 0) is 53.2 Å². The van der Waals surface area contributed by atoms with Crippen LogP contribution in [0.3, 0.4) is 0 Å². The second-order valence-corrected chi connectivity index (χ2v) is 6.00. The lowest BCUT2D eigenvalue weighted by atomic mass is 9.94. The molecule has 0 spiro atoms. The standard InChI is InChI=1S/C13H16BrN3O/c14-9-3-5-11(15-7-9)16-10-4-6-12(18)17-13(10)8-1-2-8/h3,5,7-8,10,13H,1-2,4,6H2,(H,15,16)(H,17,18)/t10-,13-/m1/s1. The summed E-state index contributed by atoms with van der Waals surface area (Å²) in [5.74, 6) is 1.72. The third kappa shape index (κ3) is 2.66. The van der Waals surface area contributed by atoms with E-state index in [1.807, 2.05) is 12.1 Å². The van der Waals surface area contributed by atoms with Gasteiger partial charge < -0.3 is 10.6 Å². The van der Waals surface area contributed by atoms with Crippen molar-refractivity contribution in [3.8, 4) is 0 Å². The zero-order valence-corrected chi connectivity index (χ0v) is 11.6. The highest BCUT2D eigenvalue weighted by Crippen LogP contribution is 2.36. The fourth-order valence-corrected chi connectivity index (χ4v) is 2.77. The van der Waals surface area contributed by atoms with Crippen LogP contribution in [0.2, 0.25) is 0 Å². The summed E-state index contributed by atoms with van der Waals surface area (Å²) in [7, 11) is 0. The van der Waals surface area contributed by atoms with Gasteiger partial charge in [0.05, 0.1) is 6.04 Å². The predicted molar refractivity (Wildman–Crippen MR) is 73.2 cm³/mol. The van der Waals surface area contributed by atoms with Gasteiger partial charge in [0.25, 0.3) is 0 Å². The number of nitrogens with one attached hydrogen (secondary N) is 2. The van der Waals surface area contributed by atoms with Crippen LogP contribution in [0.5, 0.6) is 0 Å². The lowest BCUT2D eigenvalue weighted by molar-refractivity contribution is -0.123. The minimum absolute atomic E-state index is 0.189. The topological polar surface area (TPSA) is 54.0 Å². The summed E-state index contributed by atoms with van der Waals surface area (Å²) in [5.41, 5.74) is 0. The third-order valence-electron chi connectivity index (χ3n) is 3.63. The van der Waals surface area contributed by atoms with Crippen LogP contribution in [-0.4, -0.2) is 23.0 Å². The van der Waals surface area contributed by atoms with Gasteiger partial charge in [-0.3, -0.25) is 4.79 Å². The van der Waals surface area contributed by atoms with Crippen molar-refractivity contribution in [2.45, 2.75) is 37.8 Å². The van der Waals surface area contributed by atoms with Crippen molar-refractivity contribution in [1.29, 1.82) is 0 Å². The van der Waals surface area contributed by atoms with Crippen LogP contribution in [0.25, 0.3) is 0 Å². The van der Waals surface area contributed by atoms with Crippen LogP contribution >= 0.6 is 15.9 Å². The molecule has 2 aliphatic rings. The van der Waals surface area contributed by atoms with Gasteiger partial charge in [-0.2, -0.15) is 0 Å². The van der Waals surface area contributed by atoms with E-state index in [1.165, 1.54) is 12.8 Å². The smallest absolute Gasteiger partial charge is 0.220 e. The Labute approximate surface area is 115 Å². The van der Waals surface area contributed by atoms with E-state index < -0.39 is 0 Å². The molecule has 1 aromatic heterocycles. The molecule has 3 rings (SSSR count). The zero-order chi connectivity index (χ0) is 12.5. The Balaban J connectivity index is 1.69. The minimum Gasteiger partial charge on any atom is -0.365 e. The molecular formula is C13H16BrN3O. The normalized spacial score (nSPS) is 27.7. The highest BCUT2D eigenvalue weighted by Gasteiger charge is 2.40. The molecule has 2 N–H and O–H groups in total. The predicted octanol–water partition coefficient (Wildman–Crippen LogP) is 2.31. The summed E-state index contributed by atoms with van der Waals surface area (Å²) in [6, 6.07) is 4.52. The monoisotopic (exact) mass is 309 g/mol. The Hall–Kier alpha value is -1.10. The van der Waals surface area contributed by atoms with Gasteiger partial charge in [0, 0.05) is 23.1 Å². The number of halogens is 1. The number of carbonyl (C=O) groups excluding carboxylic acids is 1. The van der Waals surface area contributed by atoms with Gasteiger partial charge in [-0.15, -0.1) is 0 Å². The number of hydrogen-bond acceptors (Lipinski definition) is 3. The van der Waals surface area contributed by atoms with Crippen LogP contribution in [0.1, 0.15) is 25.7 Å². The fourth-order valence-electron chi connectivity index (χ4n) is 2.54. The highest BCUT2D eigenvalue weighted by molar-refractivity contribution is 9.10. The van der Waals surface area contributed by atoms with Crippen molar-refractivity contribution >= 4 is 27.7 Å². The van der Waals surface area contributed by atoms with E-state index in [2.05, 4.69) is 31.5 Å². The molecule has 5 heteroatoms. The van der Waals surface area contributed by atoms with Gasteiger partial charge in [0.15, 0.2) is 0 Å². The molecule has 1 aromatic rings. The van der Waals surface area contributed by atoms with E-state index in [4.69, 9.17) is 0 Å². The van der Waals surface area contributed by atoms with E-state index in [-0.39, 0.29) is 11.9 Å². The largest absolute Gasteiger partial charge is 0.365 e. The van der Waals surface area contributed by atoms with Gasteiger partial charge >= 0.3 is 0 Å². The second kappa shape index (κ2) is 4.88. The average molecular weight is 310 g/mol. The van der Waals surface area contributed by atoms with Gasteiger partial charge in [-0.25, -0.2) is 4.98 Å². The minimum atomic E-state index is 0.189. The van der Waals surface area contributed by atoms with Gasteiger partial charge in [-0.1, -0.05) is 0 Å². The number of rotatable bonds is 3. The van der Waals surface area contributed by atoms with E-state index in [1.54, 1.807) is 6.20 Å². The number of piperidine rings is 1. The first-order valence-electron chi connectivity index (χ1n) is 6.40. The molecule has 1 aliphatic carbocycles. The lowest BCUT2D eigenvalue weighted by Gasteiger charge is -2.33. The molecule has 0 unspecified atom stereocenters. The number of anilines is 1. The molecule has 0 aromatic carbocycles. The molecule has 2 atom stereocenters. The Morgan fingerprint density at radius 3 is 2.83 bits per heavy atom. The number of pyridine rings is 1. The maximum atomic E-state index is 11.5. The van der Waals surface area contributed by atoms with Crippen molar-refractivity contribution in [3.05, 3.63) is 22.8 Å². The van der Waals surface area contributed by atoms with Crippen molar-refractivity contribution < 1.29 is 4.79 Å². The van der Waals surface area contributed by atoms with Crippen molar-refractivity contribution in [3.63, 3.8) is 0 Å². The summed E-state index contributed by atoms with van der Waals surface area (Å²) < 4.78 is 0.976. The first-order valence-corrected chi connectivity index (χ1v) is 7.19. The van der Waals surface area contributed by atoms with Crippen molar-refractivity contribution in [2.24, 2.45) is 5.92 Å². The van der Waals surface area contributed by atoms with E-state index in [0.29, 0.717) is 18.4 Å². The third-order valence-corrected chi connectivity index (χ3v) is 4.10. The van der Waals surface area contributed by atoms with Crippen LogP contribution in [-0.2, 0) is 4.79 Å². The number of nitrogens with zero attached hydrogens (tertiary/aromatic N) is 1. The molecule has 18 heavy (non-hydrogen) atoms. The van der Waals surface area contributed by atoms with Gasteiger partial charge in [0.1, 0.15) is 5.82 Å². The molecule has 0 bridgehead atoms. The van der Waals surface area contributed by atoms with Crippen molar-refractivity contribution in [1.82, 2.24) is 10.3 Å². The molecule has 1 amide bonds. The van der Waals surface area contributed by atoms with Crippen LogP contribution < -0.4 is 10.6 Å². The molecule has 1 saturated heterocycles. The second-order valence-electron chi connectivity index (χ2n) is 5.08. The molecule has 2 heterocycles. The molecule has 96 valence electrons. The first kappa shape index (κ1) is 12.0. The highest BCUT2D eigenvalue weighted by atomic mass is 79.9. The van der Waals surface area contributed by atoms with E-state index >= 15 is 0 Å². The number of aromatic nitrogens is 1. The number of amides is 1. The number of hydrogen-bond donors (Lipinski definition) is 2. The summed E-state index contributed by atoms with van der Waals surface area (Å²) in [6.07, 6.45) is 5.76. The zero-order valence-electron chi connectivity index (χ0n) is 10.0. The van der Waals surface area contributed by atoms with Crippen LogP contribution in [0, 0.1) is 5.92 Å². The van der Waals surface area contributed by atoms with E-state index in [9.17, 15) is 4.79 Å². The maximum absolute atomic E-state index is 11.5. The summed E-state index contributed by atoms with van der Waals surface area (Å²) in [4.78, 5) is 15.8. The maximum Gasteiger partial charge on any atom is 0.220 e. The first-order chi connectivity index (χ1) is 8.72. The molecule has 4 nitrogen and oxygen atoms in total. The van der Waals surface area contributed by atoms with Crippen LogP contribution in [0.4, 0.5) is 5.82 Å². The Morgan fingerprint density at radius 2 is 2.17 bits per heavy atom. The Bertz CT molecular complexity index is 444. The molecule has 0 radical (unpaired) electrons. The molecule has 1 saturated carbocycles. The quantitative estimate of drug-likeness (QED) is 0.901. The lowest BCUT2D eigenvalue weighted by Crippen LogP contribution is -2.52. The average Bonchev–Trinajstić information content (AvgIpc) is 3.18. The Morgan fingerprint density at radius 1 is 1.33 bits per heavy atom. The molecule has 1 aliphatic heterocycles. The summed E-state index contributed by atoms with van der Waals surface area (Å²) in [5, 5.41) is 6.57.